The summed E-state index contributed by atoms with van der Waals surface area (Å²) in [5, 5.41) is 3.46. The van der Waals surface area contributed by atoms with Gasteiger partial charge in [0.25, 0.3) is 5.91 Å². The maximum atomic E-state index is 14.0. The smallest absolute Gasteiger partial charge is 0.471 e. The topological polar surface area (TPSA) is 71.1 Å². The summed E-state index contributed by atoms with van der Waals surface area (Å²) < 4.78 is 51.7. The molecule has 4 aromatic carbocycles. The molecule has 1 aliphatic rings. The van der Waals surface area contributed by atoms with Gasteiger partial charge >= 0.3 is 12.1 Å². The van der Waals surface area contributed by atoms with E-state index in [9.17, 15) is 22.8 Å². The first-order chi connectivity index (χ1) is 21.6. The van der Waals surface area contributed by atoms with Gasteiger partial charge in [-0.3, -0.25) is 9.59 Å². The number of nitrogens with one attached hydrogen (secondary N) is 1. The van der Waals surface area contributed by atoms with Crippen molar-refractivity contribution in [2.75, 3.05) is 35.3 Å². The van der Waals surface area contributed by atoms with E-state index < -0.39 is 12.1 Å². The molecule has 0 saturated heterocycles. The Morgan fingerprint density at radius 2 is 1.69 bits per heavy atom. The fourth-order valence-corrected chi connectivity index (χ4v) is 5.37. The normalized spacial score (nSPS) is 14.5. The van der Waals surface area contributed by atoms with Gasteiger partial charge in [0.1, 0.15) is 18.1 Å². The maximum absolute atomic E-state index is 14.0. The molecular weight excluding hydrogens is 583 g/mol. The van der Waals surface area contributed by atoms with Crippen molar-refractivity contribution in [1.29, 1.82) is 0 Å². The highest BCUT2D eigenvalue weighted by atomic mass is 19.4. The lowest BCUT2D eigenvalue weighted by molar-refractivity contribution is -0.170. The molecule has 0 bridgehead atoms. The second-order valence-corrected chi connectivity index (χ2v) is 10.7. The van der Waals surface area contributed by atoms with Crippen LogP contribution in [0, 0.1) is 0 Å². The Labute approximate surface area is 260 Å². The van der Waals surface area contributed by atoms with E-state index in [2.05, 4.69) is 12.2 Å². The van der Waals surface area contributed by atoms with Gasteiger partial charge in [0.2, 0.25) is 0 Å². The maximum Gasteiger partial charge on any atom is 0.471 e. The highest BCUT2D eigenvalue weighted by molar-refractivity contribution is 6.08. The molecule has 10 heteroatoms. The molecule has 1 heterocycles. The third kappa shape index (κ3) is 6.90. The van der Waals surface area contributed by atoms with Crippen molar-refractivity contribution >= 4 is 28.9 Å². The molecule has 0 fully saturated rings. The van der Waals surface area contributed by atoms with Crippen LogP contribution in [0.2, 0.25) is 0 Å². The number of ether oxygens (including phenoxy) is 2. The number of alkyl halides is 3. The SMILES string of the molecule is CCN(C(=O)C(F)(F)F)c1ccc(-c2ccc(C(=O)N3CC[C@H](C)Nc4ccccc43)cc2OCc2ccccc2)cc1OC. The number of amides is 2. The molecule has 1 aliphatic heterocycles. The molecule has 1 atom stereocenters. The molecule has 0 radical (unpaired) electrons. The molecule has 45 heavy (non-hydrogen) atoms. The van der Waals surface area contributed by atoms with Crippen LogP contribution in [0.3, 0.4) is 0 Å². The quantitative estimate of drug-likeness (QED) is 0.219. The van der Waals surface area contributed by atoms with Gasteiger partial charge in [-0.1, -0.05) is 48.5 Å². The van der Waals surface area contributed by atoms with Crippen LogP contribution in [0.15, 0.2) is 91.0 Å². The van der Waals surface area contributed by atoms with Crippen molar-refractivity contribution in [3.05, 3.63) is 102 Å². The zero-order valence-electron chi connectivity index (χ0n) is 25.2. The monoisotopic (exact) mass is 617 g/mol. The van der Waals surface area contributed by atoms with Crippen LogP contribution in [0.1, 0.15) is 36.2 Å². The first kappa shape index (κ1) is 31.4. The number of halogens is 3. The van der Waals surface area contributed by atoms with Crippen LogP contribution in [-0.2, 0) is 11.4 Å². The van der Waals surface area contributed by atoms with Gasteiger partial charge in [0, 0.05) is 30.3 Å². The Morgan fingerprint density at radius 1 is 0.956 bits per heavy atom. The number of para-hydroxylation sites is 2. The average molecular weight is 618 g/mol. The minimum Gasteiger partial charge on any atom is -0.495 e. The minimum atomic E-state index is -5.04. The summed E-state index contributed by atoms with van der Waals surface area (Å²) in [5.41, 5.74) is 4.17. The molecule has 0 aliphatic carbocycles. The zero-order valence-corrected chi connectivity index (χ0v) is 25.2. The van der Waals surface area contributed by atoms with E-state index in [0.717, 1.165) is 23.4 Å². The summed E-state index contributed by atoms with van der Waals surface area (Å²) in [6, 6.07) is 27.2. The van der Waals surface area contributed by atoms with Crippen LogP contribution in [-0.4, -0.2) is 44.2 Å². The van der Waals surface area contributed by atoms with E-state index in [1.165, 1.54) is 20.1 Å². The largest absolute Gasteiger partial charge is 0.495 e. The predicted octanol–water partition coefficient (Wildman–Crippen LogP) is 7.71. The summed E-state index contributed by atoms with van der Waals surface area (Å²) in [7, 11) is 1.33. The van der Waals surface area contributed by atoms with E-state index in [1.54, 1.807) is 35.2 Å². The molecule has 0 unspecified atom stereocenters. The summed E-state index contributed by atoms with van der Waals surface area (Å²) in [6.07, 6.45) is -4.28. The van der Waals surface area contributed by atoms with Crippen molar-refractivity contribution in [3.63, 3.8) is 0 Å². The van der Waals surface area contributed by atoms with E-state index in [1.807, 2.05) is 54.6 Å². The van der Waals surface area contributed by atoms with Crippen LogP contribution >= 0.6 is 0 Å². The first-order valence-electron chi connectivity index (χ1n) is 14.7. The van der Waals surface area contributed by atoms with Gasteiger partial charge in [-0.15, -0.1) is 0 Å². The van der Waals surface area contributed by atoms with Crippen LogP contribution in [0.5, 0.6) is 11.5 Å². The van der Waals surface area contributed by atoms with E-state index in [4.69, 9.17) is 9.47 Å². The second kappa shape index (κ2) is 13.3. The van der Waals surface area contributed by atoms with Crippen molar-refractivity contribution in [2.24, 2.45) is 0 Å². The van der Waals surface area contributed by atoms with Crippen molar-refractivity contribution in [3.8, 4) is 22.6 Å². The fraction of sp³-hybridized carbons (Fsp3) is 0.257. The number of methoxy groups -OCH3 is 1. The lowest BCUT2D eigenvalue weighted by Crippen LogP contribution is -2.41. The van der Waals surface area contributed by atoms with Gasteiger partial charge in [-0.2, -0.15) is 13.2 Å². The summed E-state index contributed by atoms with van der Waals surface area (Å²) in [6.45, 7) is 4.08. The number of rotatable bonds is 8. The average Bonchev–Trinajstić information content (AvgIpc) is 3.21. The van der Waals surface area contributed by atoms with Gasteiger partial charge in [0.15, 0.2) is 0 Å². The predicted molar refractivity (Wildman–Crippen MR) is 169 cm³/mol. The molecule has 7 nitrogen and oxygen atoms in total. The van der Waals surface area contributed by atoms with Crippen LogP contribution in [0.4, 0.5) is 30.2 Å². The third-order valence-electron chi connectivity index (χ3n) is 7.68. The molecule has 0 aromatic heterocycles. The first-order valence-corrected chi connectivity index (χ1v) is 14.7. The number of fused-ring (bicyclic) bond motifs is 1. The summed E-state index contributed by atoms with van der Waals surface area (Å²) in [5.74, 6) is -1.67. The summed E-state index contributed by atoms with van der Waals surface area (Å²) in [4.78, 5) is 28.5. The van der Waals surface area contributed by atoms with Gasteiger partial charge in [0.05, 0.1) is 24.2 Å². The highest BCUT2D eigenvalue weighted by Gasteiger charge is 2.43. The van der Waals surface area contributed by atoms with Gasteiger partial charge < -0.3 is 24.6 Å². The Bertz CT molecular complexity index is 1680. The molecule has 5 rings (SSSR count). The number of anilines is 3. The molecule has 0 saturated carbocycles. The number of nitrogens with zero attached hydrogens (tertiary/aromatic N) is 2. The standard InChI is InChI=1S/C35H34F3N3O4/c1-4-40(34(43)35(36,37)38)30-17-15-25(20-32(30)44-3)27-16-14-26(21-31(27)45-22-24-10-6-5-7-11-24)33(42)41-19-18-23(2)39-28-12-8-9-13-29(28)41/h5-17,20-21,23,39H,4,18-19,22H2,1-3H3/t23-/m0/s1. The van der Waals surface area contributed by atoms with Gasteiger partial charge in [-0.25, -0.2) is 0 Å². The van der Waals surface area contributed by atoms with Crippen molar-refractivity contribution < 1.29 is 32.2 Å². The fourth-order valence-electron chi connectivity index (χ4n) is 5.37. The Kier molecular flexibility index (Phi) is 9.32. The molecule has 4 aromatic rings. The van der Waals surface area contributed by atoms with Crippen LogP contribution in [0.25, 0.3) is 11.1 Å². The molecule has 1 N–H and O–H groups in total. The zero-order chi connectivity index (χ0) is 32.1. The Balaban J connectivity index is 1.54. The lowest BCUT2D eigenvalue weighted by atomic mass is 10.0. The Hall–Kier alpha value is -4.99. The molecule has 2 amide bonds. The number of benzene rings is 4. The Morgan fingerprint density at radius 3 is 2.40 bits per heavy atom. The number of hydrogen-bond donors (Lipinski definition) is 1. The van der Waals surface area contributed by atoms with Crippen molar-refractivity contribution in [2.45, 2.75) is 39.1 Å². The van der Waals surface area contributed by atoms with E-state index >= 15 is 0 Å². The lowest BCUT2D eigenvalue weighted by Gasteiger charge is -2.25. The van der Waals surface area contributed by atoms with E-state index in [0.29, 0.717) is 33.9 Å². The molecular formula is C35H34F3N3O4. The van der Waals surface area contributed by atoms with E-state index in [-0.39, 0.29) is 36.5 Å². The second-order valence-electron chi connectivity index (χ2n) is 10.7. The minimum absolute atomic E-state index is 0.00714. The number of carbonyl (C=O) groups is 2. The number of hydrogen-bond acceptors (Lipinski definition) is 5. The molecule has 234 valence electrons. The third-order valence-corrected chi connectivity index (χ3v) is 7.68. The van der Waals surface area contributed by atoms with Crippen molar-refractivity contribution in [1.82, 2.24) is 0 Å². The van der Waals surface area contributed by atoms with Gasteiger partial charge in [-0.05, 0) is 73.9 Å². The highest BCUT2D eigenvalue weighted by Crippen LogP contribution is 2.39. The summed E-state index contributed by atoms with van der Waals surface area (Å²) >= 11 is 0. The molecule has 0 spiro atoms. The number of carbonyl (C=O) groups excluding carboxylic acids is 2. The van der Waals surface area contributed by atoms with Crippen LogP contribution < -0.4 is 24.6 Å².